The van der Waals surface area contributed by atoms with Crippen LogP contribution in [0.3, 0.4) is 0 Å². The van der Waals surface area contributed by atoms with Crippen LogP contribution in [0.2, 0.25) is 0 Å². The predicted octanol–water partition coefficient (Wildman–Crippen LogP) is 5.01. The molecule has 0 aromatic heterocycles. The molecule has 1 heterocycles. The first-order valence-electron chi connectivity index (χ1n) is 11.0. The van der Waals surface area contributed by atoms with Crippen molar-refractivity contribution in [3.05, 3.63) is 95.6 Å². The molecule has 1 fully saturated rings. The molecule has 31 heavy (non-hydrogen) atoms. The third-order valence-corrected chi connectivity index (χ3v) is 6.82. The van der Waals surface area contributed by atoms with E-state index in [1.165, 1.54) is 22.3 Å². The van der Waals surface area contributed by atoms with E-state index in [1.807, 2.05) is 54.6 Å². The SMILES string of the molecule is O=C(OCC1c2ccccc2-c2ccccc21)N1CCCC1(CO)Cc1ccccc1. The molecule has 1 saturated heterocycles. The number of fused-ring (bicyclic) bond motifs is 3. The van der Waals surface area contributed by atoms with E-state index in [0.717, 1.165) is 18.4 Å². The van der Waals surface area contributed by atoms with E-state index in [9.17, 15) is 9.90 Å². The van der Waals surface area contributed by atoms with Crippen LogP contribution in [0.25, 0.3) is 11.1 Å². The molecule has 3 aromatic rings. The highest BCUT2D eigenvalue weighted by Gasteiger charge is 2.44. The third kappa shape index (κ3) is 3.51. The molecule has 0 spiro atoms. The summed E-state index contributed by atoms with van der Waals surface area (Å²) in [6.07, 6.45) is 1.96. The van der Waals surface area contributed by atoms with Gasteiger partial charge in [-0.15, -0.1) is 0 Å². The number of carbonyl (C=O) groups is 1. The molecule has 0 saturated carbocycles. The summed E-state index contributed by atoms with van der Waals surface area (Å²) < 4.78 is 5.89. The molecular formula is C27H27NO3. The lowest BCUT2D eigenvalue weighted by Gasteiger charge is -2.36. The number of ether oxygens (including phenoxy) is 1. The summed E-state index contributed by atoms with van der Waals surface area (Å²) in [7, 11) is 0. The minimum absolute atomic E-state index is 0.0385. The second-order valence-electron chi connectivity index (χ2n) is 8.60. The molecule has 5 rings (SSSR count). The van der Waals surface area contributed by atoms with Crippen LogP contribution in [0.1, 0.15) is 35.4 Å². The topological polar surface area (TPSA) is 49.8 Å². The normalized spacial score (nSPS) is 19.8. The van der Waals surface area contributed by atoms with Crippen LogP contribution in [-0.2, 0) is 11.2 Å². The highest BCUT2D eigenvalue weighted by Crippen LogP contribution is 2.44. The zero-order valence-electron chi connectivity index (χ0n) is 17.5. The Labute approximate surface area is 183 Å². The van der Waals surface area contributed by atoms with Gasteiger partial charge < -0.3 is 9.84 Å². The number of rotatable bonds is 5. The number of nitrogens with zero attached hydrogens (tertiary/aromatic N) is 1. The predicted molar refractivity (Wildman–Crippen MR) is 121 cm³/mol. The van der Waals surface area contributed by atoms with E-state index >= 15 is 0 Å². The van der Waals surface area contributed by atoms with Gasteiger partial charge in [0.15, 0.2) is 0 Å². The van der Waals surface area contributed by atoms with Gasteiger partial charge in [0.1, 0.15) is 6.61 Å². The van der Waals surface area contributed by atoms with Crippen LogP contribution in [0.15, 0.2) is 78.9 Å². The van der Waals surface area contributed by atoms with Gasteiger partial charge in [-0.1, -0.05) is 78.9 Å². The van der Waals surface area contributed by atoms with E-state index in [2.05, 4.69) is 24.3 Å². The van der Waals surface area contributed by atoms with E-state index in [1.54, 1.807) is 4.90 Å². The van der Waals surface area contributed by atoms with Crippen molar-refractivity contribution in [2.75, 3.05) is 19.8 Å². The van der Waals surface area contributed by atoms with Gasteiger partial charge in [0.05, 0.1) is 12.1 Å². The van der Waals surface area contributed by atoms with Crippen molar-refractivity contribution in [1.29, 1.82) is 0 Å². The number of carbonyl (C=O) groups excluding carboxylic acids is 1. The maximum atomic E-state index is 13.2. The molecule has 158 valence electrons. The van der Waals surface area contributed by atoms with Gasteiger partial charge in [-0.05, 0) is 47.1 Å². The van der Waals surface area contributed by atoms with Crippen molar-refractivity contribution >= 4 is 6.09 Å². The average Bonchev–Trinajstić information content (AvgIpc) is 3.38. The smallest absolute Gasteiger partial charge is 0.410 e. The van der Waals surface area contributed by atoms with Crippen molar-refractivity contribution in [3.63, 3.8) is 0 Å². The van der Waals surface area contributed by atoms with E-state index < -0.39 is 5.54 Å². The van der Waals surface area contributed by atoms with Crippen molar-refractivity contribution in [2.24, 2.45) is 0 Å². The summed E-state index contributed by atoms with van der Waals surface area (Å²) in [5, 5.41) is 10.3. The molecular weight excluding hydrogens is 386 g/mol. The van der Waals surface area contributed by atoms with Gasteiger partial charge in [-0.25, -0.2) is 4.79 Å². The number of aliphatic hydroxyl groups excluding tert-OH is 1. The highest BCUT2D eigenvalue weighted by atomic mass is 16.6. The number of amides is 1. The maximum absolute atomic E-state index is 13.2. The largest absolute Gasteiger partial charge is 0.448 e. The number of aliphatic hydroxyl groups is 1. The maximum Gasteiger partial charge on any atom is 0.410 e. The molecule has 0 radical (unpaired) electrons. The van der Waals surface area contributed by atoms with Gasteiger partial charge in [0, 0.05) is 12.5 Å². The van der Waals surface area contributed by atoms with Crippen LogP contribution < -0.4 is 0 Å². The number of likely N-dealkylation sites (tertiary alicyclic amines) is 1. The van der Waals surface area contributed by atoms with Crippen LogP contribution in [0, 0.1) is 0 Å². The minimum atomic E-state index is -0.593. The van der Waals surface area contributed by atoms with E-state index in [0.29, 0.717) is 19.6 Å². The number of benzene rings is 3. The van der Waals surface area contributed by atoms with Crippen molar-refractivity contribution < 1.29 is 14.6 Å². The molecule has 4 heteroatoms. The number of hydrogen-bond acceptors (Lipinski definition) is 3. The van der Waals surface area contributed by atoms with E-state index in [-0.39, 0.29) is 18.6 Å². The van der Waals surface area contributed by atoms with Crippen LogP contribution >= 0.6 is 0 Å². The summed E-state index contributed by atoms with van der Waals surface area (Å²) >= 11 is 0. The summed E-state index contributed by atoms with van der Waals surface area (Å²) in [5.74, 6) is 0.0385. The first-order valence-corrected chi connectivity index (χ1v) is 11.0. The van der Waals surface area contributed by atoms with Gasteiger partial charge in [-0.3, -0.25) is 4.90 Å². The van der Waals surface area contributed by atoms with E-state index in [4.69, 9.17) is 4.74 Å². The average molecular weight is 414 g/mol. The quantitative estimate of drug-likeness (QED) is 0.640. The monoisotopic (exact) mass is 413 g/mol. The zero-order chi connectivity index (χ0) is 21.3. The first-order chi connectivity index (χ1) is 15.2. The van der Waals surface area contributed by atoms with Gasteiger partial charge >= 0.3 is 6.09 Å². The van der Waals surface area contributed by atoms with Crippen molar-refractivity contribution in [3.8, 4) is 11.1 Å². The van der Waals surface area contributed by atoms with Crippen LogP contribution in [0.4, 0.5) is 4.79 Å². The molecule has 1 amide bonds. The molecule has 1 aliphatic heterocycles. The first kappa shape index (κ1) is 19.8. The minimum Gasteiger partial charge on any atom is -0.448 e. The lowest BCUT2D eigenvalue weighted by molar-refractivity contribution is 0.0394. The Bertz CT molecular complexity index is 1040. The Morgan fingerprint density at radius 1 is 0.935 bits per heavy atom. The molecule has 4 nitrogen and oxygen atoms in total. The van der Waals surface area contributed by atoms with Crippen molar-refractivity contribution in [1.82, 2.24) is 4.90 Å². The fourth-order valence-corrected chi connectivity index (χ4v) is 5.28. The zero-order valence-corrected chi connectivity index (χ0v) is 17.5. The number of hydrogen-bond donors (Lipinski definition) is 1. The summed E-state index contributed by atoms with van der Waals surface area (Å²) in [6.45, 7) is 0.854. The van der Waals surface area contributed by atoms with Gasteiger partial charge in [0.25, 0.3) is 0 Å². The highest BCUT2D eigenvalue weighted by molar-refractivity contribution is 5.79. The Morgan fingerprint density at radius 3 is 2.19 bits per heavy atom. The fraction of sp³-hybridized carbons (Fsp3) is 0.296. The van der Waals surface area contributed by atoms with Gasteiger partial charge in [0.2, 0.25) is 0 Å². The molecule has 1 N–H and O–H groups in total. The molecule has 0 bridgehead atoms. The molecule has 3 aromatic carbocycles. The molecule has 1 unspecified atom stereocenters. The van der Waals surface area contributed by atoms with Crippen molar-refractivity contribution in [2.45, 2.75) is 30.7 Å². The second kappa shape index (κ2) is 8.20. The summed E-state index contributed by atoms with van der Waals surface area (Å²) in [6, 6.07) is 26.7. The standard InChI is InChI=1S/C27H27NO3/c29-19-27(17-20-9-2-1-3-10-20)15-8-16-28(27)26(30)31-18-25-23-13-6-4-11-21(23)22-12-5-7-14-24(22)25/h1-7,9-14,25,29H,8,15-19H2. The van der Waals surface area contributed by atoms with Crippen LogP contribution in [-0.4, -0.2) is 41.4 Å². The summed E-state index contributed by atoms with van der Waals surface area (Å²) in [5.41, 5.74) is 5.37. The lowest BCUT2D eigenvalue weighted by Crippen LogP contribution is -2.52. The van der Waals surface area contributed by atoms with Crippen LogP contribution in [0.5, 0.6) is 0 Å². The fourth-order valence-electron chi connectivity index (χ4n) is 5.28. The molecule has 1 atom stereocenters. The Hall–Kier alpha value is -3.11. The lowest BCUT2D eigenvalue weighted by atomic mass is 9.89. The Balaban J connectivity index is 1.34. The molecule has 1 aliphatic carbocycles. The third-order valence-electron chi connectivity index (χ3n) is 6.82. The second-order valence-corrected chi connectivity index (χ2v) is 8.60. The molecule has 2 aliphatic rings. The Kier molecular flexibility index (Phi) is 5.24. The summed E-state index contributed by atoms with van der Waals surface area (Å²) in [4.78, 5) is 14.9. The Morgan fingerprint density at radius 2 is 1.55 bits per heavy atom. The van der Waals surface area contributed by atoms with Gasteiger partial charge in [-0.2, -0.15) is 0 Å².